The van der Waals surface area contributed by atoms with E-state index in [0.29, 0.717) is 6.17 Å². The first kappa shape index (κ1) is 11.5. The second-order valence-electron chi connectivity index (χ2n) is 4.54. The third-order valence-corrected chi connectivity index (χ3v) is 4.03. The number of alkyl halides is 3. The van der Waals surface area contributed by atoms with Crippen LogP contribution in [0.4, 0.5) is 13.2 Å². The monoisotopic (exact) mass is 227 g/mol. The molecule has 0 unspecified atom stereocenters. The average Bonchev–Trinajstić information content (AvgIpc) is 1.76. The molecule has 0 saturated carbocycles. The lowest BCUT2D eigenvalue weighted by atomic mass is 10.6. The van der Waals surface area contributed by atoms with Gasteiger partial charge in [-0.2, -0.15) is 17.8 Å². The molecule has 0 fully saturated rings. The molecule has 0 saturated heterocycles. The predicted molar refractivity (Wildman–Crippen MR) is 49.0 cm³/mol. The molecule has 7 heteroatoms. The van der Waals surface area contributed by atoms with E-state index in [1.165, 1.54) is 0 Å². The minimum absolute atomic E-state index is 0.00589. The molecule has 0 aliphatic carbocycles. The van der Waals surface area contributed by atoms with Crippen LogP contribution in [0.1, 0.15) is 0 Å². The van der Waals surface area contributed by atoms with Crippen LogP contribution >= 0.6 is 0 Å². The number of halogens is 3. The first-order valence-corrected chi connectivity index (χ1v) is 7.33. The molecular formula is C7H14F3N2OSi+. The number of quaternary nitrogens is 1. The molecule has 0 aromatic carbocycles. The van der Waals surface area contributed by atoms with Gasteiger partial charge in [0.05, 0.1) is 14.1 Å². The fourth-order valence-corrected chi connectivity index (χ4v) is 4.32. The minimum Gasteiger partial charge on any atom is -0.518 e. The molecular weight excluding hydrogens is 213 g/mol. The highest BCUT2D eigenvalue weighted by atomic mass is 28.4. The van der Waals surface area contributed by atoms with E-state index in [2.05, 4.69) is 5.10 Å². The van der Waals surface area contributed by atoms with Crippen LogP contribution in [0.15, 0.2) is 5.10 Å². The molecule has 3 nitrogen and oxygen atoms in total. The fraction of sp³-hybridized carbons (Fsp3) is 0.857. The lowest BCUT2D eigenvalue weighted by molar-refractivity contribution is -0.890. The van der Waals surface area contributed by atoms with Crippen LogP contribution in [0.3, 0.4) is 0 Å². The van der Waals surface area contributed by atoms with Crippen molar-refractivity contribution in [1.82, 2.24) is 0 Å². The Morgan fingerprint density at radius 1 is 1.36 bits per heavy atom. The molecule has 0 bridgehead atoms. The largest absolute Gasteiger partial charge is 0.518 e. The zero-order chi connectivity index (χ0) is 11.2. The Labute approximate surface area is 81.9 Å². The van der Waals surface area contributed by atoms with Gasteiger partial charge in [-0.25, -0.2) is 0 Å². The van der Waals surface area contributed by atoms with E-state index in [0.717, 1.165) is 0 Å². The Morgan fingerprint density at radius 2 is 1.86 bits per heavy atom. The van der Waals surface area contributed by atoms with Crippen LogP contribution in [0, 0.1) is 0 Å². The predicted octanol–water partition coefficient (Wildman–Crippen LogP) is 1.71. The smallest absolute Gasteiger partial charge is 0.472 e. The van der Waals surface area contributed by atoms with Crippen molar-refractivity contribution in [1.29, 1.82) is 0 Å². The van der Waals surface area contributed by atoms with E-state index >= 15 is 0 Å². The highest BCUT2D eigenvalue weighted by molar-refractivity contribution is 6.72. The van der Waals surface area contributed by atoms with E-state index in [1.54, 1.807) is 27.2 Å². The van der Waals surface area contributed by atoms with Gasteiger partial charge in [0.2, 0.25) is 0 Å². The molecule has 0 spiro atoms. The average molecular weight is 227 g/mol. The van der Waals surface area contributed by atoms with E-state index in [1.807, 2.05) is 0 Å². The summed E-state index contributed by atoms with van der Waals surface area (Å²) in [5.74, 6) is -1.08. The Bertz CT molecular complexity index is 273. The molecule has 1 heterocycles. The van der Waals surface area contributed by atoms with Gasteiger partial charge in [-0.1, -0.05) is 0 Å². The third-order valence-electron chi connectivity index (χ3n) is 1.74. The number of hydrogen-bond acceptors (Lipinski definition) is 2. The lowest BCUT2D eigenvalue weighted by Crippen LogP contribution is -2.58. The third kappa shape index (κ3) is 2.71. The molecule has 0 aromatic rings. The molecule has 0 radical (unpaired) electrons. The van der Waals surface area contributed by atoms with Crippen LogP contribution in [0.25, 0.3) is 0 Å². The van der Waals surface area contributed by atoms with Gasteiger partial charge in [-0.3, -0.25) is 0 Å². The standard InChI is InChI=1S/C7H14F3N2OSi/c1-12(2)5-14(3,4)13-6(11-12)7(8,9)10/h5H2,1-4H3/q+1. The fourth-order valence-electron chi connectivity index (χ4n) is 1.64. The molecule has 82 valence electrons. The molecule has 14 heavy (non-hydrogen) atoms. The summed E-state index contributed by atoms with van der Waals surface area (Å²) in [6, 6.07) is 0. The maximum Gasteiger partial charge on any atom is 0.472 e. The second kappa shape index (κ2) is 2.96. The molecule has 0 aromatic heterocycles. The Kier molecular flexibility index (Phi) is 2.44. The van der Waals surface area contributed by atoms with Gasteiger partial charge >= 0.3 is 20.4 Å². The highest BCUT2D eigenvalue weighted by Gasteiger charge is 2.50. The normalized spacial score (nSPS) is 25.2. The van der Waals surface area contributed by atoms with E-state index in [4.69, 9.17) is 4.43 Å². The Hall–Kier alpha value is -0.563. The van der Waals surface area contributed by atoms with Crippen molar-refractivity contribution in [3.05, 3.63) is 0 Å². The van der Waals surface area contributed by atoms with Gasteiger partial charge in [-0.15, -0.1) is 0 Å². The Morgan fingerprint density at radius 3 is 2.21 bits per heavy atom. The first-order chi connectivity index (χ1) is 6.02. The van der Waals surface area contributed by atoms with Crippen LogP contribution in [-0.2, 0) is 4.43 Å². The molecule has 0 amide bonds. The number of nitrogens with zero attached hydrogens (tertiary/aromatic N) is 2. The van der Waals surface area contributed by atoms with Crippen molar-refractivity contribution in [2.75, 3.05) is 20.3 Å². The summed E-state index contributed by atoms with van der Waals surface area (Å²) in [6.07, 6.45) is -3.92. The van der Waals surface area contributed by atoms with E-state index in [9.17, 15) is 13.2 Å². The molecule has 0 N–H and O–H groups in total. The summed E-state index contributed by atoms with van der Waals surface area (Å²) >= 11 is 0. The molecule has 1 rings (SSSR count). The van der Waals surface area contributed by atoms with Crippen LogP contribution < -0.4 is 0 Å². The SMILES string of the molecule is C[N+]1(C)C[Si](C)(C)OC(C(F)(F)F)=N1. The van der Waals surface area contributed by atoms with Crippen molar-refractivity contribution in [3.63, 3.8) is 0 Å². The van der Waals surface area contributed by atoms with Crippen molar-refractivity contribution in [2.24, 2.45) is 5.10 Å². The molecule has 1 aliphatic heterocycles. The van der Waals surface area contributed by atoms with Gasteiger partial charge < -0.3 is 4.43 Å². The summed E-state index contributed by atoms with van der Waals surface area (Å²) in [5, 5.41) is 3.52. The van der Waals surface area contributed by atoms with Crippen molar-refractivity contribution in [3.8, 4) is 0 Å². The van der Waals surface area contributed by atoms with Gasteiger partial charge in [0.1, 0.15) is 6.17 Å². The summed E-state index contributed by atoms with van der Waals surface area (Å²) in [7, 11) is 1.01. The van der Waals surface area contributed by atoms with Crippen molar-refractivity contribution >= 4 is 14.2 Å². The molecule has 1 aliphatic rings. The van der Waals surface area contributed by atoms with E-state index < -0.39 is 20.4 Å². The van der Waals surface area contributed by atoms with E-state index in [-0.39, 0.29) is 4.59 Å². The number of hydrogen-bond donors (Lipinski definition) is 0. The molecule has 0 atom stereocenters. The summed E-state index contributed by atoms with van der Waals surface area (Å²) < 4.78 is 42.1. The summed E-state index contributed by atoms with van der Waals surface area (Å²) in [5.41, 5.74) is 0. The number of rotatable bonds is 0. The van der Waals surface area contributed by atoms with Gasteiger partial charge in [0.25, 0.3) is 0 Å². The quantitative estimate of drug-likeness (QED) is 0.456. The van der Waals surface area contributed by atoms with Gasteiger partial charge in [-0.05, 0) is 18.2 Å². The van der Waals surface area contributed by atoms with Crippen LogP contribution in [0.5, 0.6) is 0 Å². The van der Waals surface area contributed by atoms with Crippen molar-refractivity contribution in [2.45, 2.75) is 19.3 Å². The van der Waals surface area contributed by atoms with Crippen molar-refractivity contribution < 1.29 is 22.2 Å². The zero-order valence-corrected chi connectivity index (χ0v) is 9.64. The maximum atomic E-state index is 12.4. The maximum absolute atomic E-state index is 12.4. The summed E-state index contributed by atoms with van der Waals surface area (Å²) in [6.45, 7) is 3.51. The second-order valence-corrected chi connectivity index (χ2v) is 8.58. The highest BCUT2D eigenvalue weighted by Crippen LogP contribution is 2.27. The van der Waals surface area contributed by atoms with Crippen LogP contribution in [0.2, 0.25) is 13.1 Å². The first-order valence-electron chi connectivity index (χ1n) is 4.21. The van der Waals surface area contributed by atoms with Gasteiger partial charge in [0, 0.05) is 0 Å². The van der Waals surface area contributed by atoms with Gasteiger partial charge in [0.15, 0.2) is 0 Å². The summed E-state index contributed by atoms with van der Waals surface area (Å²) in [4.78, 5) is 0. The lowest BCUT2D eigenvalue weighted by Gasteiger charge is -2.36. The zero-order valence-electron chi connectivity index (χ0n) is 8.64. The van der Waals surface area contributed by atoms with Crippen LogP contribution in [-0.4, -0.2) is 45.2 Å². The minimum atomic E-state index is -4.47. The topological polar surface area (TPSA) is 21.6 Å². The Balaban J connectivity index is 3.03.